The first-order valence-corrected chi connectivity index (χ1v) is 7.24. The largest absolute Gasteiger partial charge is 0.398 e. The number of halogens is 1. The smallest absolute Gasteiger partial charge is 0.263 e. The minimum absolute atomic E-state index is 0.0468. The Hall–Kier alpha value is -1.73. The Kier molecular flexibility index (Phi) is 3.42. The molecule has 0 fully saturated rings. The van der Waals surface area contributed by atoms with Gasteiger partial charge in [0, 0.05) is 13.1 Å². The Labute approximate surface area is 116 Å². The molecule has 0 spiro atoms. The van der Waals surface area contributed by atoms with Crippen LogP contribution in [-0.4, -0.2) is 18.2 Å². The molecule has 0 amide bonds. The zero-order chi connectivity index (χ0) is 14.2. The van der Waals surface area contributed by atoms with E-state index in [4.69, 9.17) is 17.3 Å². The lowest BCUT2D eigenvalue weighted by molar-refractivity contribution is 0.600. The lowest BCUT2D eigenvalue weighted by Crippen LogP contribution is -2.15. The van der Waals surface area contributed by atoms with E-state index >= 15 is 0 Å². The van der Waals surface area contributed by atoms with Crippen LogP contribution in [0.1, 0.15) is 5.69 Å². The van der Waals surface area contributed by atoms with Gasteiger partial charge in [0.2, 0.25) is 0 Å². The van der Waals surface area contributed by atoms with E-state index in [1.807, 2.05) is 0 Å². The molecule has 2 aromatic rings. The Bertz CT molecular complexity index is 724. The summed E-state index contributed by atoms with van der Waals surface area (Å²) in [4.78, 5) is 0.0468. The van der Waals surface area contributed by atoms with Gasteiger partial charge >= 0.3 is 0 Å². The van der Waals surface area contributed by atoms with E-state index in [1.54, 1.807) is 20.0 Å². The molecule has 102 valence electrons. The zero-order valence-electron chi connectivity index (χ0n) is 10.4. The van der Waals surface area contributed by atoms with Gasteiger partial charge in [-0.1, -0.05) is 11.6 Å². The summed E-state index contributed by atoms with van der Waals surface area (Å²) in [7, 11) is -2.06. The van der Waals surface area contributed by atoms with Crippen molar-refractivity contribution in [3.63, 3.8) is 0 Å². The molecular formula is C11H13ClN4O2S. The van der Waals surface area contributed by atoms with E-state index in [0.717, 1.165) is 5.69 Å². The molecule has 0 unspecified atom stereocenters. The average molecular weight is 301 g/mol. The summed E-state index contributed by atoms with van der Waals surface area (Å²) in [5.41, 5.74) is 6.60. The Morgan fingerprint density at radius 3 is 2.58 bits per heavy atom. The summed E-state index contributed by atoms with van der Waals surface area (Å²) < 4.78 is 28.2. The van der Waals surface area contributed by atoms with Crippen molar-refractivity contribution in [2.24, 2.45) is 7.05 Å². The number of sulfonamides is 1. The van der Waals surface area contributed by atoms with Crippen LogP contribution in [0.3, 0.4) is 0 Å². The van der Waals surface area contributed by atoms with Gasteiger partial charge < -0.3 is 5.73 Å². The maximum Gasteiger partial charge on any atom is 0.263 e. The Balaban J connectivity index is 2.37. The van der Waals surface area contributed by atoms with Gasteiger partial charge in [0.25, 0.3) is 10.0 Å². The summed E-state index contributed by atoms with van der Waals surface area (Å²) in [6.45, 7) is 1.78. The molecule has 6 nitrogen and oxygen atoms in total. The van der Waals surface area contributed by atoms with E-state index < -0.39 is 10.0 Å². The van der Waals surface area contributed by atoms with Crippen LogP contribution in [0.4, 0.5) is 11.5 Å². The standard InChI is InChI=1S/C11H13ClN4O2S/c1-7-5-11(16(2)14-7)15-19(17,18)8-3-4-10(13)9(12)6-8/h3-6,15H,13H2,1-2H3. The quantitative estimate of drug-likeness (QED) is 0.845. The van der Waals surface area contributed by atoms with Crippen molar-refractivity contribution in [1.82, 2.24) is 9.78 Å². The summed E-state index contributed by atoms with van der Waals surface area (Å²) in [5, 5.41) is 4.26. The minimum Gasteiger partial charge on any atom is -0.398 e. The normalized spacial score (nSPS) is 11.5. The molecule has 3 N–H and O–H groups in total. The van der Waals surface area contributed by atoms with Gasteiger partial charge in [-0.15, -0.1) is 0 Å². The van der Waals surface area contributed by atoms with Crippen LogP contribution in [0.2, 0.25) is 5.02 Å². The number of benzene rings is 1. The van der Waals surface area contributed by atoms with Gasteiger partial charge in [-0.2, -0.15) is 5.10 Å². The van der Waals surface area contributed by atoms with E-state index in [-0.39, 0.29) is 9.92 Å². The van der Waals surface area contributed by atoms with Crippen LogP contribution < -0.4 is 10.5 Å². The number of nitrogens with two attached hydrogens (primary N) is 1. The molecule has 0 aliphatic rings. The number of rotatable bonds is 3. The molecule has 0 radical (unpaired) electrons. The van der Waals surface area contributed by atoms with Crippen LogP contribution in [0, 0.1) is 6.92 Å². The second-order valence-corrected chi connectivity index (χ2v) is 6.17. The van der Waals surface area contributed by atoms with Crippen molar-refractivity contribution in [3.05, 3.63) is 35.0 Å². The van der Waals surface area contributed by atoms with Crippen molar-refractivity contribution < 1.29 is 8.42 Å². The van der Waals surface area contributed by atoms with Crippen LogP contribution in [0.15, 0.2) is 29.2 Å². The number of anilines is 2. The molecule has 0 saturated carbocycles. The minimum atomic E-state index is -3.71. The summed E-state index contributed by atoms with van der Waals surface area (Å²) >= 11 is 5.82. The van der Waals surface area contributed by atoms with Gasteiger partial charge in [-0.25, -0.2) is 8.42 Å². The number of hydrogen-bond donors (Lipinski definition) is 2. The summed E-state index contributed by atoms with van der Waals surface area (Å²) in [5.74, 6) is 0.380. The predicted octanol–water partition coefficient (Wildman–Crippen LogP) is 1.76. The molecule has 0 atom stereocenters. The highest BCUT2D eigenvalue weighted by Gasteiger charge is 2.17. The van der Waals surface area contributed by atoms with E-state index in [9.17, 15) is 8.42 Å². The monoisotopic (exact) mass is 300 g/mol. The maximum atomic E-state index is 12.2. The number of nitrogen functional groups attached to an aromatic ring is 1. The molecule has 1 aromatic carbocycles. The molecule has 0 aliphatic carbocycles. The second kappa shape index (κ2) is 4.75. The van der Waals surface area contributed by atoms with Crippen LogP contribution in [0.5, 0.6) is 0 Å². The van der Waals surface area contributed by atoms with E-state index in [1.165, 1.54) is 22.9 Å². The number of nitrogens with one attached hydrogen (secondary N) is 1. The number of aryl methyl sites for hydroxylation is 2. The highest BCUT2D eigenvalue weighted by Crippen LogP contribution is 2.24. The van der Waals surface area contributed by atoms with Crippen LogP contribution in [0.25, 0.3) is 0 Å². The fourth-order valence-electron chi connectivity index (χ4n) is 1.58. The van der Waals surface area contributed by atoms with Gasteiger partial charge in [0.15, 0.2) is 0 Å². The number of nitrogens with zero attached hydrogens (tertiary/aromatic N) is 2. The molecule has 0 aliphatic heterocycles. The van der Waals surface area contributed by atoms with Gasteiger partial charge in [-0.3, -0.25) is 9.40 Å². The average Bonchev–Trinajstić information content (AvgIpc) is 2.60. The first kappa shape index (κ1) is 13.7. The number of aromatic nitrogens is 2. The molecule has 0 saturated heterocycles. The summed E-state index contributed by atoms with van der Waals surface area (Å²) in [6.07, 6.45) is 0. The lowest BCUT2D eigenvalue weighted by atomic mass is 10.3. The SMILES string of the molecule is Cc1cc(NS(=O)(=O)c2ccc(N)c(Cl)c2)n(C)n1. The third-order valence-corrected chi connectivity index (χ3v) is 4.20. The third kappa shape index (κ3) is 2.82. The first-order valence-electron chi connectivity index (χ1n) is 5.38. The van der Waals surface area contributed by atoms with Gasteiger partial charge in [0.05, 0.1) is 21.3 Å². The molecular weight excluding hydrogens is 288 g/mol. The number of hydrogen-bond acceptors (Lipinski definition) is 4. The molecule has 8 heteroatoms. The van der Waals surface area contributed by atoms with Crippen molar-refractivity contribution >= 4 is 33.1 Å². The fraction of sp³-hybridized carbons (Fsp3) is 0.182. The van der Waals surface area contributed by atoms with Crippen molar-refractivity contribution in [2.75, 3.05) is 10.5 Å². The van der Waals surface area contributed by atoms with Gasteiger partial charge in [0.1, 0.15) is 5.82 Å². The van der Waals surface area contributed by atoms with Crippen molar-refractivity contribution in [3.8, 4) is 0 Å². The van der Waals surface area contributed by atoms with Crippen LogP contribution >= 0.6 is 11.6 Å². The topological polar surface area (TPSA) is 90.0 Å². The molecule has 19 heavy (non-hydrogen) atoms. The zero-order valence-corrected chi connectivity index (χ0v) is 12.0. The summed E-state index contributed by atoms with van der Waals surface area (Å²) in [6, 6.07) is 5.79. The highest BCUT2D eigenvalue weighted by molar-refractivity contribution is 7.92. The Morgan fingerprint density at radius 1 is 1.37 bits per heavy atom. The highest BCUT2D eigenvalue weighted by atomic mass is 35.5. The molecule has 2 rings (SSSR count). The third-order valence-electron chi connectivity index (χ3n) is 2.52. The van der Waals surface area contributed by atoms with Crippen molar-refractivity contribution in [2.45, 2.75) is 11.8 Å². The van der Waals surface area contributed by atoms with E-state index in [0.29, 0.717) is 11.5 Å². The Morgan fingerprint density at radius 2 is 2.05 bits per heavy atom. The maximum absolute atomic E-state index is 12.2. The fourth-order valence-corrected chi connectivity index (χ4v) is 2.93. The van der Waals surface area contributed by atoms with E-state index in [2.05, 4.69) is 9.82 Å². The van der Waals surface area contributed by atoms with Crippen molar-refractivity contribution in [1.29, 1.82) is 0 Å². The molecule has 1 heterocycles. The second-order valence-electron chi connectivity index (χ2n) is 4.08. The molecule has 1 aromatic heterocycles. The molecule has 0 bridgehead atoms. The lowest BCUT2D eigenvalue weighted by Gasteiger charge is -2.08. The first-order chi connectivity index (χ1) is 8.79. The van der Waals surface area contributed by atoms with Gasteiger partial charge in [-0.05, 0) is 25.1 Å². The predicted molar refractivity (Wildman–Crippen MR) is 74.6 cm³/mol. The van der Waals surface area contributed by atoms with Crippen LogP contribution in [-0.2, 0) is 17.1 Å².